The van der Waals surface area contributed by atoms with Crippen molar-refractivity contribution < 1.29 is 4.79 Å². The zero-order valence-electron chi connectivity index (χ0n) is 7.10. The van der Waals surface area contributed by atoms with Crippen molar-refractivity contribution in [3.05, 3.63) is 26.2 Å². The molecule has 1 aromatic carbocycles. The van der Waals surface area contributed by atoms with E-state index in [0.717, 1.165) is 13.7 Å². The largest absolute Gasteiger partial charge is 0.325 e. The Hall–Kier alpha value is -0.100. The number of halogens is 2. The molecule has 4 heteroatoms. The van der Waals surface area contributed by atoms with Gasteiger partial charge in [0.25, 0.3) is 0 Å². The quantitative estimate of drug-likeness (QED) is 0.811. The van der Waals surface area contributed by atoms with Crippen LogP contribution in [0.25, 0.3) is 0 Å². The van der Waals surface area contributed by atoms with Crippen LogP contribution in [0.4, 0.5) is 5.69 Å². The normalized spacial score (nSPS) is 9.77. The molecular formula is C9H9BrINO. The molecule has 13 heavy (non-hydrogen) atoms. The van der Waals surface area contributed by atoms with Crippen LogP contribution in [-0.2, 0) is 4.79 Å². The first-order valence-electron chi connectivity index (χ1n) is 3.88. The topological polar surface area (TPSA) is 29.1 Å². The second kappa shape index (κ2) is 4.95. The van der Waals surface area contributed by atoms with Gasteiger partial charge in [0.2, 0.25) is 5.91 Å². The number of hydrogen-bond donors (Lipinski definition) is 1. The summed E-state index contributed by atoms with van der Waals surface area (Å²) in [5.74, 6) is 0.0380. The van der Waals surface area contributed by atoms with Crippen molar-refractivity contribution in [3.63, 3.8) is 0 Å². The summed E-state index contributed by atoms with van der Waals surface area (Å²) < 4.78 is 2.02. The smallest absolute Gasteiger partial charge is 0.224 e. The van der Waals surface area contributed by atoms with Crippen molar-refractivity contribution in [2.75, 3.05) is 5.32 Å². The first-order chi connectivity index (χ1) is 6.13. The average Bonchev–Trinajstić information content (AvgIpc) is 2.11. The first-order valence-corrected chi connectivity index (χ1v) is 5.75. The van der Waals surface area contributed by atoms with Gasteiger partial charge in [-0.15, -0.1) is 0 Å². The molecule has 1 aromatic rings. The molecular weight excluding hydrogens is 345 g/mol. The Kier molecular flexibility index (Phi) is 4.18. The molecule has 0 bridgehead atoms. The van der Waals surface area contributed by atoms with Crippen molar-refractivity contribution >= 4 is 50.1 Å². The SMILES string of the molecule is CCC(=O)Nc1cc(Br)ccc1I. The van der Waals surface area contributed by atoms with Crippen molar-refractivity contribution in [2.45, 2.75) is 13.3 Å². The summed E-state index contributed by atoms with van der Waals surface area (Å²) in [6.07, 6.45) is 0.503. The summed E-state index contributed by atoms with van der Waals surface area (Å²) in [6.45, 7) is 1.83. The van der Waals surface area contributed by atoms with Gasteiger partial charge in [-0.05, 0) is 40.8 Å². The standard InChI is InChI=1S/C9H9BrINO/c1-2-9(13)12-8-5-6(10)3-4-7(8)11/h3-5H,2H2,1H3,(H,12,13). The first kappa shape index (κ1) is 11.0. The summed E-state index contributed by atoms with van der Waals surface area (Å²) in [4.78, 5) is 11.1. The van der Waals surface area contributed by atoms with Gasteiger partial charge in [0.1, 0.15) is 0 Å². The van der Waals surface area contributed by atoms with Crippen LogP contribution < -0.4 is 5.32 Å². The lowest BCUT2D eigenvalue weighted by atomic mass is 10.3. The van der Waals surface area contributed by atoms with Crippen LogP contribution in [0.1, 0.15) is 13.3 Å². The molecule has 0 saturated heterocycles. The van der Waals surface area contributed by atoms with Crippen LogP contribution in [0, 0.1) is 3.57 Å². The molecule has 0 atom stereocenters. The zero-order valence-corrected chi connectivity index (χ0v) is 10.8. The van der Waals surface area contributed by atoms with E-state index in [2.05, 4.69) is 43.8 Å². The minimum atomic E-state index is 0.0380. The van der Waals surface area contributed by atoms with Crippen LogP contribution in [0.2, 0.25) is 0 Å². The molecule has 1 N–H and O–H groups in total. The number of rotatable bonds is 2. The average molecular weight is 354 g/mol. The minimum Gasteiger partial charge on any atom is -0.325 e. The summed E-state index contributed by atoms with van der Waals surface area (Å²) >= 11 is 5.54. The fraction of sp³-hybridized carbons (Fsp3) is 0.222. The number of carbonyl (C=O) groups is 1. The Morgan fingerprint density at radius 3 is 2.92 bits per heavy atom. The molecule has 0 aromatic heterocycles. The number of hydrogen-bond acceptors (Lipinski definition) is 1. The third kappa shape index (κ3) is 3.27. The Labute approximate surface area is 99.4 Å². The van der Waals surface area contributed by atoms with E-state index in [1.165, 1.54) is 0 Å². The van der Waals surface area contributed by atoms with Gasteiger partial charge in [-0.3, -0.25) is 4.79 Å². The number of carbonyl (C=O) groups excluding carboxylic acids is 1. The van der Waals surface area contributed by atoms with Crippen molar-refractivity contribution in [1.29, 1.82) is 0 Å². The van der Waals surface area contributed by atoms with E-state index in [4.69, 9.17) is 0 Å². The molecule has 0 unspecified atom stereocenters. The van der Waals surface area contributed by atoms with E-state index in [0.29, 0.717) is 6.42 Å². The molecule has 0 aliphatic rings. The lowest BCUT2D eigenvalue weighted by Gasteiger charge is -2.06. The van der Waals surface area contributed by atoms with Gasteiger partial charge >= 0.3 is 0 Å². The summed E-state index contributed by atoms with van der Waals surface area (Å²) in [5, 5.41) is 2.82. The molecule has 0 saturated carbocycles. The molecule has 1 rings (SSSR count). The fourth-order valence-corrected chi connectivity index (χ4v) is 1.66. The maximum atomic E-state index is 11.1. The second-order valence-corrected chi connectivity index (χ2v) is 4.60. The summed E-state index contributed by atoms with van der Waals surface area (Å²) in [6, 6.07) is 5.80. The molecule has 0 radical (unpaired) electrons. The number of benzene rings is 1. The lowest BCUT2D eigenvalue weighted by molar-refractivity contribution is -0.115. The second-order valence-electron chi connectivity index (χ2n) is 2.53. The minimum absolute atomic E-state index is 0.0380. The lowest BCUT2D eigenvalue weighted by Crippen LogP contribution is -2.10. The maximum Gasteiger partial charge on any atom is 0.224 e. The Morgan fingerprint density at radius 2 is 2.31 bits per heavy atom. The predicted molar refractivity (Wildman–Crippen MR) is 65.8 cm³/mol. The van der Waals surface area contributed by atoms with E-state index in [9.17, 15) is 4.79 Å². The predicted octanol–water partition coefficient (Wildman–Crippen LogP) is 3.40. The van der Waals surface area contributed by atoms with E-state index >= 15 is 0 Å². The Bertz CT molecular complexity index is 327. The van der Waals surface area contributed by atoms with Gasteiger partial charge in [-0.1, -0.05) is 22.9 Å². The van der Waals surface area contributed by atoms with E-state index < -0.39 is 0 Å². The van der Waals surface area contributed by atoms with Crippen molar-refractivity contribution in [2.24, 2.45) is 0 Å². The number of amides is 1. The highest BCUT2D eigenvalue weighted by Crippen LogP contribution is 2.22. The van der Waals surface area contributed by atoms with Crippen LogP contribution in [0.3, 0.4) is 0 Å². The molecule has 0 spiro atoms. The van der Waals surface area contributed by atoms with E-state index in [1.54, 1.807) is 0 Å². The highest BCUT2D eigenvalue weighted by molar-refractivity contribution is 14.1. The third-order valence-electron chi connectivity index (χ3n) is 1.52. The highest BCUT2D eigenvalue weighted by atomic mass is 127. The molecule has 1 amide bonds. The van der Waals surface area contributed by atoms with Gasteiger partial charge in [-0.25, -0.2) is 0 Å². The molecule has 0 fully saturated rings. The molecule has 0 aliphatic heterocycles. The van der Waals surface area contributed by atoms with Gasteiger partial charge in [0.05, 0.1) is 5.69 Å². The maximum absolute atomic E-state index is 11.1. The highest BCUT2D eigenvalue weighted by Gasteiger charge is 2.03. The Balaban J connectivity index is 2.87. The van der Waals surface area contributed by atoms with Crippen LogP contribution in [0.5, 0.6) is 0 Å². The van der Waals surface area contributed by atoms with Gasteiger partial charge in [-0.2, -0.15) is 0 Å². The van der Waals surface area contributed by atoms with E-state index in [-0.39, 0.29) is 5.91 Å². The van der Waals surface area contributed by atoms with Crippen LogP contribution in [0.15, 0.2) is 22.7 Å². The van der Waals surface area contributed by atoms with Crippen molar-refractivity contribution in [3.8, 4) is 0 Å². The summed E-state index contributed by atoms with van der Waals surface area (Å²) in [5.41, 5.74) is 0.863. The Morgan fingerprint density at radius 1 is 1.62 bits per heavy atom. The molecule has 2 nitrogen and oxygen atoms in total. The number of nitrogens with one attached hydrogen (secondary N) is 1. The van der Waals surface area contributed by atoms with Gasteiger partial charge < -0.3 is 5.32 Å². The fourth-order valence-electron chi connectivity index (χ4n) is 0.832. The summed E-state index contributed by atoms with van der Waals surface area (Å²) in [7, 11) is 0. The van der Waals surface area contributed by atoms with Gasteiger partial charge in [0.15, 0.2) is 0 Å². The van der Waals surface area contributed by atoms with Crippen LogP contribution >= 0.6 is 38.5 Å². The zero-order chi connectivity index (χ0) is 9.84. The molecule has 0 heterocycles. The molecule has 0 aliphatic carbocycles. The number of anilines is 1. The van der Waals surface area contributed by atoms with Crippen LogP contribution in [-0.4, -0.2) is 5.91 Å². The van der Waals surface area contributed by atoms with Gasteiger partial charge in [0, 0.05) is 14.5 Å². The van der Waals surface area contributed by atoms with Crippen molar-refractivity contribution in [1.82, 2.24) is 0 Å². The molecule has 70 valence electrons. The monoisotopic (exact) mass is 353 g/mol. The third-order valence-corrected chi connectivity index (χ3v) is 2.96. The van der Waals surface area contributed by atoms with E-state index in [1.807, 2.05) is 25.1 Å².